The number of hydrogen-bond donors (Lipinski definition) is 1. The Morgan fingerprint density at radius 1 is 1.11 bits per heavy atom. The van der Waals surface area contributed by atoms with E-state index in [-0.39, 0.29) is 11.9 Å². The molecule has 1 saturated heterocycles. The Balaban J connectivity index is 1.70. The van der Waals surface area contributed by atoms with Crippen molar-refractivity contribution in [3.05, 3.63) is 76.6 Å². The number of aliphatic hydroxyl groups is 1. The van der Waals surface area contributed by atoms with E-state index in [2.05, 4.69) is 17.0 Å². The monoisotopic (exact) mass is 398 g/mol. The van der Waals surface area contributed by atoms with Gasteiger partial charge < -0.3 is 5.11 Å². The maximum atomic E-state index is 13.4. The van der Waals surface area contributed by atoms with Crippen molar-refractivity contribution in [3.63, 3.8) is 0 Å². The van der Waals surface area contributed by atoms with Crippen LogP contribution in [-0.2, 0) is 13.1 Å². The summed E-state index contributed by atoms with van der Waals surface area (Å²) in [7, 11) is 0. The number of β-amino-alcohol motifs (C(OH)–C–C–N with tert-alkyl or cyclic N) is 1. The fraction of sp³-hybridized carbons (Fsp3) is 0.333. The molecule has 0 spiro atoms. The number of likely N-dealkylation sites (tertiary alicyclic amines) is 1. The Bertz CT molecular complexity index is 984. The summed E-state index contributed by atoms with van der Waals surface area (Å²) in [6, 6.07) is 16.4. The van der Waals surface area contributed by atoms with Crippen LogP contribution in [-0.4, -0.2) is 43.5 Å². The summed E-state index contributed by atoms with van der Waals surface area (Å²) in [5.74, 6) is 0.523. The van der Waals surface area contributed by atoms with Crippen molar-refractivity contribution < 1.29 is 9.50 Å². The Morgan fingerprint density at radius 2 is 1.86 bits per heavy atom. The molecule has 0 bridgehead atoms. The van der Waals surface area contributed by atoms with E-state index in [4.69, 9.17) is 17.3 Å². The minimum atomic E-state index is -0.300. The molecular formula is C21H23FN4OS. The number of piperidine rings is 1. The Kier molecular flexibility index (Phi) is 5.66. The molecule has 146 valence electrons. The highest BCUT2D eigenvalue weighted by Gasteiger charge is 2.20. The molecule has 1 aliphatic heterocycles. The van der Waals surface area contributed by atoms with Crippen LogP contribution in [0.1, 0.15) is 24.2 Å². The zero-order valence-corrected chi connectivity index (χ0v) is 16.4. The molecule has 5 nitrogen and oxygen atoms in total. The van der Waals surface area contributed by atoms with E-state index < -0.39 is 0 Å². The third kappa shape index (κ3) is 4.22. The van der Waals surface area contributed by atoms with E-state index in [1.807, 2.05) is 22.8 Å². The number of rotatable bonds is 5. The quantitative estimate of drug-likeness (QED) is 0.668. The third-order valence-corrected chi connectivity index (χ3v) is 5.40. The van der Waals surface area contributed by atoms with Crippen LogP contribution in [0.4, 0.5) is 4.39 Å². The van der Waals surface area contributed by atoms with E-state index in [0.29, 0.717) is 24.4 Å². The molecule has 2 heterocycles. The van der Waals surface area contributed by atoms with E-state index in [1.54, 1.807) is 16.8 Å². The minimum Gasteiger partial charge on any atom is -0.392 e. The first kappa shape index (κ1) is 19.0. The van der Waals surface area contributed by atoms with Crippen molar-refractivity contribution in [1.82, 2.24) is 19.2 Å². The Morgan fingerprint density at radius 3 is 2.57 bits per heavy atom. The predicted octanol–water partition coefficient (Wildman–Crippen LogP) is 3.55. The van der Waals surface area contributed by atoms with Crippen LogP contribution < -0.4 is 0 Å². The molecular weight excluding hydrogens is 375 g/mol. The molecule has 3 aromatic rings. The first-order chi connectivity index (χ1) is 13.6. The van der Waals surface area contributed by atoms with Gasteiger partial charge in [-0.3, -0.25) is 9.47 Å². The van der Waals surface area contributed by atoms with Gasteiger partial charge in [-0.25, -0.2) is 9.07 Å². The van der Waals surface area contributed by atoms with Crippen molar-refractivity contribution in [2.45, 2.75) is 32.0 Å². The first-order valence-corrected chi connectivity index (χ1v) is 9.90. The van der Waals surface area contributed by atoms with E-state index in [1.165, 1.54) is 12.1 Å². The second kappa shape index (κ2) is 8.34. The second-order valence-corrected chi connectivity index (χ2v) is 7.55. The van der Waals surface area contributed by atoms with E-state index >= 15 is 0 Å². The zero-order chi connectivity index (χ0) is 19.5. The summed E-state index contributed by atoms with van der Waals surface area (Å²) >= 11 is 5.72. The normalized spacial score (nSPS) is 17.7. The van der Waals surface area contributed by atoms with Gasteiger partial charge in [0.25, 0.3) is 0 Å². The lowest BCUT2D eigenvalue weighted by Gasteiger charge is -2.29. The maximum absolute atomic E-state index is 13.4. The number of hydrogen-bond acceptors (Lipinski definition) is 4. The summed E-state index contributed by atoms with van der Waals surface area (Å²) in [6.45, 7) is 2.07. The number of nitrogens with zero attached hydrogens (tertiary/aromatic N) is 4. The molecule has 0 amide bonds. The zero-order valence-electron chi connectivity index (χ0n) is 15.5. The van der Waals surface area contributed by atoms with Crippen molar-refractivity contribution >= 4 is 12.2 Å². The summed E-state index contributed by atoms with van der Waals surface area (Å²) in [5.41, 5.74) is 1.92. The highest BCUT2D eigenvalue weighted by atomic mass is 32.1. The topological polar surface area (TPSA) is 46.2 Å². The summed E-state index contributed by atoms with van der Waals surface area (Å²) < 4.78 is 17.7. The smallest absolute Gasteiger partial charge is 0.203 e. The highest BCUT2D eigenvalue weighted by Crippen LogP contribution is 2.18. The van der Waals surface area contributed by atoms with Gasteiger partial charge in [-0.2, -0.15) is 5.10 Å². The van der Waals surface area contributed by atoms with Crippen molar-refractivity contribution in [1.29, 1.82) is 0 Å². The van der Waals surface area contributed by atoms with Gasteiger partial charge in [0, 0.05) is 25.2 Å². The molecule has 4 rings (SSSR count). The maximum Gasteiger partial charge on any atom is 0.203 e. The fourth-order valence-electron chi connectivity index (χ4n) is 3.64. The van der Waals surface area contributed by atoms with Gasteiger partial charge in [0.05, 0.1) is 12.8 Å². The van der Waals surface area contributed by atoms with Crippen LogP contribution in [0.3, 0.4) is 0 Å². The molecule has 2 aromatic carbocycles. The van der Waals surface area contributed by atoms with Crippen molar-refractivity contribution in [2.75, 3.05) is 13.1 Å². The standard InChI is InChI=1S/C21H23FN4OS/c22-17-8-10-18(11-9-17)26-20(13-16-5-2-1-3-6-16)23-25(21(26)28)15-24-12-4-7-19(27)14-24/h1-3,5-6,8-11,19,27H,4,7,12-15H2/t19-/m1/s1. The summed E-state index contributed by atoms with van der Waals surface area (Å²) in [6.07, 6.45) is 2.12. The number of halogens is 1. The van der Waals surface area contributed by atoms with Crippen LogP contribution in [0.5, 0.6) is 0 Å². The molecule has 0 unspecified atom stereocenters. The number of benzene rings is 2. The molecule has 0 radical (unpaired) electrons. The van der Waals surface area contributed by atoms with E-state index in [0.717, 1.165) is 36.5 Å². The van der Waals surface area contributed by atoms with Crippen LogP contribution >= 0.6 is 12.2 Å². The van der Waals surface area contributed by atoms with Crippen LogP contribution in [0.15, 0.2) is 54.6 Å². The largest absolute Gasteiger partial charge is 0.392 e. The molecule has 1 fully saturated rings. The third-order valence-electron chi connectivity index (χ3n) is 5.01. The predicted molar refractivity (Wildman–Crippen MR) is 108 cm³/mol. The highest BCUT2D eigenvalue weighted by molar-refractivity contribution is 7.71. The van der Waals surface area contributed by atoms with Gasteiger partial charge in [-0.1, -0.05) is 30.3 Å². The number of aromatic nitrogens is 3. The van der Waals surface area contributed by atoms with Gasteiger partial charge in [-0.15, -0.1) is 0 Å². The fourth-order valence-corrected chi connectivity index (χ4v) is 3.95. The van der Waals surface area contributed by atoms with Gasteiger partial charge in [0.1, 0.15) is 11.6 Å². The molecule has 0 aliphatic carbocycles. The molecule has 1 aliphatic rings. The SMILES string of the molecule is O[C@@H]1CCCN(Cn2nc(Cc3ccccc3)n(-c3ccc(F)cc3)c2=S)C1. The molecule has 28 heavy (non-hydrogen) atoms. The van der Waals surface area contributed by atoms with Crippen LogP contribution in [0.2, 0.25) is 0 Å². The Hall–Kier alpha value is -2.35. The summed E-state index contributed by atoms with van der Waals surface area (Å²) in [4.78, 5) is 2.16. The van der Waals surface area contributed by atoms with Gasteiger partial charge in [-0.05, 0) is 54.9 Å². The van der Waals surface area contributed by atoms with Gasteiger partial charge in [0.2, 0.25) is 4.77 Å². The average molecular weight is 399 g/mol. The molecule has 0 saturated carbocycles. The van der Waals surface area contributed by atoms with Crippen LogP contribution in [0, 0.1) is 10.6 Å². The molecule has 1 N–H and O–H groups in total. The Labute approximate surface area is 168 Å². The second-order valence-electron chi connectivity index (χ2n) is 7.19. The van der Waals surface area contributed by atoms with Gasteiger partial charge in [0.15, 0.2) is 0 Å². The van der Waals surface area contributed by atoms with Crippen molar-refractivity contribution in [3.8, 4) is 5.69 Å². The summed E-state index contributed by atoms with van der Waals surface area (Å²) in [5, 5.41) is 14.7. The lowest BCUT2D eigenvalue weighted by Crippen LogP contribution is -2.39. The minimum absolute atomic E-state index is 0.283. The molecule has 1 aromatic heterocycles. The lowest BCUT2D eigenvalue weighted by molar-refractivity contribution is 0.0512. The molecule has 7 heteroatoms. The van der Waals surface area contributed by atoms with Gasteiger partial charge >= 0.3 is 0 Å². The lowest BCUT2D eigenvalue weighted by atomic mass is 10.1. The average Bonchev–Trinajstić information content (AvgIpc) is 2.98. The first-order valence-electron chi connectivity index (χ1n) is 9.49. The van der Waals surface area contributed by atoms with Crippen LogP contribution in [0.25, 0.3) is 5.69 Å². The number of aliphatic hydroxyl groups excluding tert-OH is 1. The van der Waals surface area contributed by atoms with Crippen molar-refractivity contribution in [2.24, 2.45) is 0 Å². The molecule has 1 atom stereocenters. The van der Waals surface area contributed by atoms with E-state index in [9.17, 15) is 9.50 Å².